The average molecular weight is 312 g/mol. The van der Waals surface area contributed by atoms with Crippen LogP contribution in [0.2, 0.25) is 0 Å². The lowest BCUT2D eigenvalue weighted by Gasteiger charge is -2.28. The first kappa shape index (κ1) is 15.7. The normalized spacial score (nSPS) is 16.2. The van der Waals surface area contributed by atoms with Crippen LogP contribution in [0.1, 0.15) is 36.9 Å². The number of carbonyl (C=O) groups is 1. The van der Waals surface area contributed by atoms with E-state index in [0.717, 1.165) is 36.9 Å². The second-order valence-corrected chi connectivity index (χ2v) is 6.12. The molecular weight excluding hydrogens is 291 g/mol. The number of pyridine rings is 1. The predicted octanol–water partition coefficient (Wildman–Crippen LogP) is 3.39. The summed E-state index contributed by atoms with van der Waals surface area (Å²) in [6.45, 7) is 0.568. The third-order valence-corrected chi connectivity index (χ3v) is 4.68. The van der Waals surface area contributed by atoms with Crippen LogP contribution < -0.4 is 5.32 Å². The minimum Gasteiger partial charge on any atom is -0.355 e. The summed E-state index contributed by atoms with van der Waals surface area (Å²) in [5, 5.41) is 3.05. The monoisotopic (exact) mass is 312 g/mol. The Morgan fingerprint density at radius 2 is 1.87 bits per heavy atom. The maximum atomic E-state index is 13.2. The van der Waals surface area contributed by atoms with E-state index in [2.05, 4.69) is 10.3 Å². The predicted molar refractivity (Wildman–Crippen MR) is 87.5 cm³/mol. The molecule has 1 aromatic heterocycles. The van der Waals surface area contributed by atoms with E-state index in [9.17, 15) is 9.18 Å². The van der Waals surface area contributed by atoms with E-state index in [4.69, 9.17) is 0 Å². The first-order valence-corrected chi connectivity index (χ1v) is 8.15. The summed E-state index contributed by atoms with van der Waals surface area (Å²) in [6, 6.07) is 12.2. The van der Waals surface area contributed by atoms with Crippen LogP contribution >= 0.6 is 0 Å². The number of carbonyl (C=O) groups excluding carboxylic acids is 1. The number of hydrogen-bond acceptors (Lipinski definition) is 2. The van der Waals surface area contributed by atoms with Crippen molar-refractivity contribution in [1.29, 1.82) is 0 Å². The van der Waals surface area contributed by atoms with Gasteiger partial charge in [-0.2, -0.15) is 0 Å². The van der Waals surface area contributed by atoms with Gasteiger partial charge < -0.3 is 5.32 Å². The molecule has 0 spiro atoms. The van der Waals surface area contributed by atoms with E-state index >= 15 is 0 Å². The van der Waals surface area contributed by atoms with Gasteiger partial charge in [0.25, 0.3) is 0 Å². The zero-order valence-electron chi connectivity index (χ0n) is 13.1. The van der Waals surface area contributed by atoms with Crippen LogP contribution in [0.3, 0.4) is 0 Å². The first-order valence-electron chi connectivity index (χ1n) is 8.15. The molecule has 1 N–H and O–H groups in total. The zero-order valence-corrected chi connectivity index (χ0v) is 13.1. The Morgan fingerprint density at radius 1 is 1.13 bits per heavy atom. The maximum Gasteiger partial charge on any atom is 0.230 e. The van der Waals surface area contributed by atoms with E-state index in [1.54, 1.807) is 18.3 Å². The largest absolute Gasteiger partial charge is 0.355 e. The van der Waals surface area contributed by atoms with Crippen molar-refractivity contribution in [2.75, 3.05) is 6.54 Å². The third kappa shape index (κ3) is 3.41. The fraction of sp³-hybridized carbons (Fsp3) is 0.368. The van der Waals surface area contributed by atoms with E-state index in [1.807, 2.05) is 18.2 Å². The number of hydrogen-bond donors (Lipinski definition) is 1. The summed E-state index contributed by atoms with van der Waals surface area (Å²) in [5.74, 6) is -0.213. The highest BCUT2D eigenvalue weighted by Gasteiger charge is 2.42. The van der Waals surface area contributed by atoms with Gasteiger partial charge in [0, 0.05) is 24.9 Å². The summed E-state index contributed by atoms with van der Waals surface area (Å²) < 4.78 is 13.2. The van der Waals surface area contributed by atoms with Crippen molar-refractivity contribution in [2.45, 2.75) is 37.5 Å². The molecule has 2 aromatic rings. The molecular formula is C19H21FN2O. The van der Waals surface area contributed by atoms with Crippen molar-refractivity contribution in [3.63, 3.8) is 0 Å². The SMILES string of the molecule is O=C(NCCc1ccccn1)C1(c2ccc(F)cc2)CCCC1. The fourth-order valence-electron chi connectivity index (χ4n) is 3.41. The Morgan fingerprint density at radius 3 is 2.52 bits per heavy atom. The molecule has 1 heterocycles. The van der Waals surface area contributed by atoms with Crippen LogP contribution in [-0.2, 0) is 16.6 Å². The fourth-order valence-corrected chi connectivity index (χ4v) is 3.41. The number of aromatic nitrogens is 1. The lowest BCUT2D eigenvalue weighted by molar-refractivity contribution is -0.126. The van der Waals surface area contributed by atoms with Gasteiger partial charge in [-0.15, -0.1) is 0 Å². The highest BCUT2D eigenvalue weighted by molar-refractivity contribution is 5.88. The van der Waals surface area contributed by atoms with Gasteiger partial charge >= 0.3 is 0 Å². The molecule has 0 aliphatic heterocycles. The van der Waals surface area contributed by atoms with Gasteiger partial charge in [-0.3, -0.25) is 9.78 Å². The van der Waals surface area contributed by atoms with E-state index in [-0.39, 0.29) is 11.7 Å². The molecule has 23 heavy (non-hydrogen) atoms. The number of amides is 1. The Kier molecular flexibility index (Phi) is 4.70. The summed E-state index contributed by atoms with van der Waals surface area (Å²) in [6.07, 6.45) is 6.19. The molecule has 1 aliphatic carbocycles. The van der Waals surface area contributed by atoms with Crippen LogP contribution in [0, 0.1) is 5.82 Å². The van der Waals surface area contributed by atoms with E-state index < -0.39 is 5.41 Å². The molecule has 1 aromatic carbocycles. The maximum absolute atomic E-state index is 13.2. The van der Waals surface area contributed by atoms with Crippen molar-refractivity contribution >= 4 is 5.91 Å². The van der Waals surface area contributed by atoms with Gasteiger partial charge in [-0.25, -0.2) is 4.39 Å². The Labute approximate surface area is 135 Å². The molecule has 0 radical (unpaired) electrons. The molecule has 0 saturated heterocycles. The Bertz CT molecular complexity index is 649. The van der Waals surface area contributed by atoms with Crippen molar-refractivity contribution in [3.8, 4) is 0 Å². The van der Waals surface area contributed by atoms with Crippen molar-refractivity contribution in [1.82, 2.24) is 10.3 Å². The quantitative estimate of drug-likeness (QED) is 0.919. The highest BCUT2D eigenvalue weighted by atomic mass is 19.1. The second kappa shape index (κ2) is 6.90. The third-order valence-electron chi connectivity index (χ3n) is 4.68. The molecule has 0 atom stereocenters. The van der Waals surface area contributed by atoms with Crippen LogP contribution in [0.15, 0.2) is 48.7 Å². The zero-order chi connectivity index (χ0) is 16.1. The molecule has 4 heteroatoms. The molecule has 0 unspecified atom stereocenters. The molecule has 3 rings (SSSR count). The number of benzene rings is 1. The minimum absolute atomic E-state index is 0.0533. The molecule has 1 fully saturated rings. The molecule has 1 saturated carbocycles. The number of halogens is 1. The van der Waals surface area contributed by atoms with Crippen LogP contribution in [-0.4, -0.2) is 17.4 Å². The second-order valence-electron chi connectivity index (χ2n) is 6.12. The van der Waals surface area contributed by atoms with Crippen LogP contribution in [0.5, 0.6) is 0 Å². The smallest absolute Gasteiger partial charge is 0.230 e. The van der Waals surface area contributed by atoms with Crippen LogP contribution in [0.25, 0.3) is 0 Å². The average Bonchev–Trinajstić information content (AvgIpc) is 3.07. The van der Waals surface area contributed by atoms with Crippen molar-refractivity contribution < 1.29 is 9.18 Å². The summed E-state index contributed by atoms with van der Waals surface area (Å²) in [4.78, 5) is 17.1. The Hall–Kier alpha value is -2.23. The summed E-state index contributed by atoms with van der Waals surface area (Å²) >= 11 is 0. The standard InChI is InChI=1S/C19H21FN2O/c20-16-8-6-15(7-9-16)19(11-2-3-12-19)18(23)22-14-10-17-5-1-4-13-21-17/h1,4-9,13H,2-3,10-12,14H2,(H,22,23). The van der Waals surface area contributed by atoms with Gasteiger partial charge in [0.1, 0.15) is 5.82 Å². The summed E-state index contributed by atoms with van der Waals surface area (Å²) in [5.41, 5.74) is 1.39. The first-order chi connectivity index (χ1) is 11.2. The Balaban J connectivity index is 1.68. The molecule has 1 amide bonds. The van der Waals surface area contributed by atoms with E-state index in [0.29, 0.717) is 13.0 Å². The molecule has 3 nitrogen and oxygen atoms in total. The lowest BCUT2D eigenvalue weighted by atomic mass is 9.78. The van der Waals surface area contributed by atoms with Crippen molar-refractivity contribution in [3.05, 3.63) is 65.7 Å². The van der Waals surface area contributed by atoms with Gasteiger partial charge in [0.2, 0.25) is 5.91 Å². The molecule has 1 aliphatic rings. The summed E-state index contributed by atoms with van der Waals surface area (Å²) in [7, 11) is 0. The van der Waals surface area contributed by atoms with Crippen molar-refractivity contribution in [2.24, 2.45) is 0 Å². The van der Waals surface area contributed by atoms with Gasteiger partial charge in [-0.05, 0) is 42.7 Å². The highest BCUT2D eigenvalue weighted by Crippen LogP contribution is 2.41. The van der Waals surface area contributed by atoms with E-state index in [1.165, 1.54) is 12.1 Å². The van der Waals surface area contributed by atoms with Gasteiger partial charge in [-0.1, -0.05) is 31.0 Å². The topological polar surface area (TPSA) is 42.0 Å². The number of nitrogens with zero attached hydrogens (tertiary/aromatic N) is 1. The molecule has 0 bridgehead atoms. The number of nitrogens with one attached hydrogen (secondary N) is 1. The van der Waals surface area contributed by atoms with Crippen LogP contribution in [0.4, 0.5) is 4.39 Å². The van der Waals surface area contributed by atoms with Gasteiger partial charge in [0.15, 0.2) is 0 Å². The minimum atomic E-state index is -0.502. The molecule has 120 valence electrons. The number of rotatable bonds is 5. The van der Waals surface area contributed by atoms with Gasteiger partial charge in [0.05, 0.1) is 5.41 Å². The lowest BCUT2D eigenvalue weighted by Crippen LogP contribution is -2.43.